The Hall–Kier alpha value is -3.29. The van der Waals surface area contributed by atoms with Gasteiger partial charge in [-0.05, 0) is 49.4 Å². The van der Waals surface area contributed by atoms with Crippen LogP contribution in [0.2, 0.25) is 0 Å². The number of carbonyl (C=O) groups is 3. The third-order valence-corrected chi connectivity index (χ3v) is 5.24. The van der Waals surface area contributed by atoms with Crippen molar-refractivity contribution in [3.63, 3.8) is 0 Å². The number of anilines is 1. The Morgan fingerprint density at radius 3 is 2.61 bits per heavy atom. The Morgan fingerprint density at radius 2 is 1.93 bits per heavy atom. The van der Waals surface area contributed by atoms with E-state index in [1.54, 1.807) is 17.3 Å². The molecule has 3 rings (SSSR count). The highest BCUT2D eigenvalue weighted by Gasteiger charge is 2.42. The van der Waals surface area contributed by atoms with Gasteiger partial charge in [0.1, 0.15) is 0 Å². The van der Waals surface area contributed by atoms with E-state index in [2.05, 4.69) is 22.2 Å². The van der Waals surface area contributed by atoms with Crippen molar-refractivity contribution in [3.8, 4) is 0 Å². The average molecular weight is 381 g/mol. The van der Waals surface area contributed by atoms with Gasteiger partial charge in [0.2, 0.25) is 5.91 Å². The van der Waals surface area contributed by atoms with Gasteiger partial charge in [0.05, 0.1) is 23.0 Å². The van der Waals surface area contributed by atoms with Crippen LogP contribution in [0.4, 0.5) is 5.69 Å². The highest BCUT2D eigenvalue weighted by Crippen LogP contribution is 2.39. The van der Waals surface area contributed by atoms with Crippen LogP contribution >= 0.6 is 0 Å². The van der Waals surface area contributed by atoms with E-state index in [1.165, 1.54) is 18.5 Å². The number of hydrogen-bond acceptors (Lipinski definition) is 5. The van der Waals surface area contributed by atoms with E-state index in [-0.39, 0.29) is 17.2 Å². The van der Waals surface area contributed by atoms with Gasteiger partial charge in [0.25, 0.3) is 0 Å². The zero-order chi connectivity index (χ0) is 20.3. The van der Waals surface area contributed by atoms with Gasteiger partial charge >= 0.3 is 11.8 Å². The van der Waals surface area contributed by atoms with E-state index in [0.717, 1.165) is 18.4 Å². The summed E-state index contributed by atoms with van der Waals surface area (Å²) in [4.78, 5) is 46.5. The molecule has 2 aromatic rings. The van der Waals surface area contributed by atoms with Crippen LogP contribution in [0.1, 0.15) is 42.6 Å². The number of likely N-dealkylation sites (tertiary alicyclic amines) is 1. The first-order valence-corrected chi connectivity index (χ1v) is 9.09. The minimum Gasteiger partial charge on any atom is -0.366 e. The molecule has 146 valence electrons. The van der Waals surface area contributed by atoms with Crippen molar-refractivity contribution in [3.05, 3.63) is 54.1 Å². The van der Waals surface area contributed by atoms with Gasteiger partial charge in [-0.15, -0.1) is 0 Å². The molecule has 8 nitrogen and oxygen atoms in total. The minimum absolute atomic E-state index is 0.151. The summed E-state index contributed by atoms with van der Waals surface area (Å²) in [5, 5.41) is 2.53. The lowest BCUT2D eigenvalue weighted by Gasteiger charge is -2.47. The normalized spacial score (nSPS) is 21.8. The van der Waals surface area contributed by atoms with Gasteiger partial charge in [-0.3, -0.25) is 24.4 Å². The van der Waals surface area contributed by atoms with Crippen LogP contribution < -0.4 is 11.1 Å². The summed E-state index contributed by atoms with van der Waals surface area (Å²) >= 11 is 0. The van der Waals surface area contributed by atoms with Gasteiger partial charge in [0, 0.05) is 25.1 Å². The van der Waals surface area contributed by atoms with Crippen molar-refractivity contribution in [2.75, 3.05) is 11.9 Å². The molecule has 1 aliphatic rings. The van der Waals surface area contributed by atoms with E-state index < -0.39 is 23.3 Å². The summed E-state index contributed by atoms with van der Waals surface area (Å²) in [6, 6.07) is 5.13. The number of nitrogens with two attached hydrogens (primary N) is 1. The third-order valence-electron chi connectivity index (χ3n) is 5.24. The molecule has 0 radical (unpaired) electrons. The SMILES string of the molecule is C[C@H]1CC[C@@](C)(c2ccncc2)N(C(=O)C(=O)Nc2cncc(C(N)=O)c2)C1. The fraction of sp³-hybridized carbons (Fsp3) is 0.350. The van der Waals surface area contributed by atoms with Crippen molar-refractivity contribution in [2.24, 2.45) is 11.7 Å². The summed E-state index contributed by atoms with van der Waals surface area (Å²) in [6.45, 7) is 4.50. The molecule has 1 aliphatic heterocycles. The predicted molar refractivity (Wildman–Crippen MR) is 103 cm³/mol. The molecule has 3 N–H and O–H groups in total. The molecule has 28 heavy (non-hydrogen) atoms. The molecule has 3 amide bonds. The van der Waals surface area contributed by atoms with E-state index >= 15 is 0 Å². The van der Waals surface area contributed by atoms with Gasteiger partial charge in [0.15, 0.2) is 0 Å². The van der Waals surface area contributed by atoms with Crippen LogP contribution in [-0.2, 0) is 15.1 Å². The molecule has 0 unspecified atom stereocenters. The maximum atomic E-state index is 13.0. The van der Waals surface area contributed by atoms with Crippen LogP contribution in [0.25, 0.3) is 0 Å². The van der Waals surface area contributed by atoms with E-state index in [4.69, 9.17) is 5.73 Å². The maximum absolute atomic E-state index is 13.0. The number of pyridine rings is 2. The Labute approximate surface area is 163 Å². The molecule has 2 atom stereocenters. The zero-order valence-corrected chi connectivity index (χ0v) is 15.9. The topological polar surface area (TPSA) is 118 Å². The Kier molecular flexibility index (Phi) is 5.39. The summed E-state index contributed by atoms with van der Waals surface area (Å²) in [5.41, 5.74) is 5.96. The smallest absolute Gasteiger partial charge is 0.313 e. The molecule has 8 heteroatoms. The van der Waals surface area contributed by atoms with Crippen molar-refractivity contribution >= 4 is 23.4 Å². The van der Waals surface area contributed by atoms with E-state index in [0.29, 0.717) is 6.54 Å². The minimum atomic E-state index is -0.780. The van der Waals surface area contributed by atoms with Crippen molar-refractivity contribution in [1.29, 1.82) is 0 Å². The number of aromatic nitrogens is 2. The monoisotopic (exact) mass is 381 g/mol. The lowest BCUT2D eigenvalue weighted by atomic mass is 9.79. The van der Waals surface area contributed by atoms with Crippen molar-refractivity contribution in [1.82, 2.24) is 14.9 Å². The Balaban J connectivity index is 1.84. The molecule has 0 aromatic carbocycles. The van der Waals surface area contributed by atoms with Crippen LogP contribution in [0.3, 0.4) is 0 Å². The first-order chi connectivity index (χ1) is 13.3. The summed E-state index contributed by atoms with van der Waals surface area (Å²) < 4.78 is 0. The largest absolute Gasteiger partial charge is 0.366 e. The van der Waals surface area contributed by atoms with Crippen LogP contribution in [0.5, 0.6) is 0 Å². The Bertz CT molecular complexity index is 902. The fourth-order valence-corrected chi connectivity index (χ4v) is 3.54. The molecule has 1 saturated heterocycles. The highest BCUT2D eigenvalue weighted by atomic mass is 16.2. The second kappa shape index (κ2) is 7.75. The quantitative estimate of drug-likeness (QED) is 0.784. The van der Waals surface area contributed by atoms with Crippen molar-refractivity contribution in [2.45, 2.75) is 32.2 Å². The Morgan fingerprint density at radius 1 is 1.21 bits per heavy atom. The first kappa shape index (κ1) is 19.5. The lowest BCUT2D eigenvalue weighted by molar-refractivity contribution is -0.150. The zero-order valence-electron chi connectivity index (χ0n) is 15.9. The van der Waals surface area contributed by atoms with Crippen LogP contribution in [-0.4, -0.2) is 39.1 Å². The van der Waals surface area contributed by atoms with Crippen molar-refractivity contribution < 1.29 is 14.4 Å². The number of amides is 3. The first-order valence-electron chi connectivity index (χ1n) is 9.09. The lowest BCUT2D eigenvalue weighted by Crippen LogP contribution is -2.55. The van der Waals surface area contributed by atoms with Gasteiger partial charge < -0.3 is 16.0 Å². The second-order valence-corrected chi connectivity index (χ2v) is 7.35. The molecule has 2 aromatic heterocycles. The number of piperidine rings is 1. The molecule has 3 heterocycles. The summed E-state index contributed by atoms with van der Waals surface area (Å²) in [6.07, 6.45) is 7.72. The van der Waals surface area contributed by atoms with Crippen LogP contribution in [0.15, 0.2) is 43.0 Å². The number of carbonyl (C=O) groups excluding carboxylic acids is 3. The molecule has 0 bridgehead atoms. The number of nitrogens with zero attached hydrogens (tertiary/aromatic N) is 3. The van der Waals surface area contributed by atoms with Gasteiger partial charge in [-0.25, -0.2) is 0 Å². The molecule has 0 saturated carbocycles. The van der Waals surface area contributed by atoms with Gasteiger partial charge in [-0.2, -0.15) is 0 Å². The van der Waals surface area contributed by atoms with E-state index in [9.17, 15) is 14.4 Å². The number of hydrogen-bond donors (Lipinski definition) is 2. The van der Waals surface area contributed by atoms with Crippen LogP contribution in [0, 0.1) is 5.92 Å². The number of nitrogens with one attached hydrogen (secondary N) is 1. The third kappa shape index (κ3) is 3.85. The molecule has 0 aliphatic carbocycles. The summed E-state index contributed by atoms with van der Waals surface area (Å²) in [7, 11) is 0. The standard InChI is InChI=1S/C20H23N5O3/c1-13-3-6-20(2,15-4-7-22-8-5-15)25(12-13)19(28)18(27)24-16-9-14(17(21)26)10-23-11-16/h4-5,7-11,13H,3,6,12H2,1-2H3,(H2,21,26)(H,24,27)/t13-,20-/m0/s1. The maximum Gasteiger partial charge on any atom is 0.313 e. The number of rotatable bonds is 3. The molecule has 1 fully saturated rings. The second-order valence-electron chi connectivity index (χ2n) is 7.35. The number of primary amides is 1. The predicted octanol–water partition coefficient (Wildman–Crippen LogP) is 1.69. The van der Waals surface area contributed by atoms with Gasteiger partial charge in [-0.1, -0.05) is 6.92 Å². The molecular weight excluding hydrogens is 358 g/mol. The fourth-order valence-electron chi connectivity index (χ4n) is 3.54. The molecular formula is C20H23N5O3. The van der Waals surface area contributed by atoms with E-state index in [1.807, 2.05) is 19.1 Å². The molecule has 0 spiro atoms. The summed E-state index contributed by atoms with van der Waals surface area (Å²) in [5.74, 6) is -1.79. The highest BCUT2D eigenvalue weighted by molar-refractivity contribution is 6.39. The average Bonchev–Trinajstić information content (AvgIpc) is 2.70.